The van der Waals surface area contributed by atoms with Gasteiger partial charge in [-0.25, -0.2) is 0 Å². The summed E-state index contributed by atoms with van der Waals surface area (Å²) < 4.78 is 0. The van der Waals surface area contributed by atoms with E-state index in [0.29, 0.717) is 5.92 Å². The van der Waals surface area contributed by atoms with Gasteiger partial charge in [0.25, 0.3) is 0 Å². The van der Waals surface area contributed by atoms with Crippen molar-refractivity contribution in [1.29, 1.82) is 0 Å². The molecule has 2 rings (SSSR count). The van der Waals surface area contributed by atoms with Crippen LogP contribution in [0.4, 0.5) is 0 Å². The minimum absolute atomic E-state index is 0.384. The maximum absolute atomic E-state index is 10.4. The average molecular weight is 181 g/mol. The standard InChI is InChI=1S/C11H19NO/c1-12-10-6-4-5-9(10)11(13)7-2-3-8-11/h9,13H,2-8H2,1H3/t9-/m1/s1. The van der Waals surface area contributed by atoms with Crippen molar-refractivity contribution in [1.82, 2.24) is 0 Å². The molecular formula is C11H19NO. The molecule has 2 nitrogen and oxygen atoms in total. The maximum Gasteiger partial charge on any atom is 0.0727 e. The zero-order chi connectivity index (χ0) is 9.31. The van der Waals surface area contributed by atoms with Crippen molar-refractivity contribution in [3.63, 3.8) is 0 Å². The van der Waals surface area contributed by atoms with Crippen molar-refractivity contribution in [2.75, 3.05) is 7.05 Å². The van der Waals surface area contributed by atoms with Crippen LogP contribution in [0.3, 0.4) is 0 Å². The summed E-state index contributed by atoms with van der Waals surface area (Å²) in [6.45, 7) is 0. The highest BCUT2D eigenvalue weighted by molar-refractivity contribution is 5.89. The van der Waals surface area contributed by atoms with Gasteiger partial charge in [0.15, 0.2) is 0 Å². The van der Waals surface area contributed by atoms with Crippen molar-refractivity contribution >= 4 is 5.71 Å². The van der Waals surface area contributed by atoms with Crippen LogP contribution in [0, 0.1) is 5.92 Å². The van der Waals surface area contributed by atoms with E-state index in [1.165, 1.54) is 25.0 Å². The van der Waals surface area contributed by atoms with Gasteiger partial charge in [-0.15, -0.1) is 0 Å². The summed E-state index contributed by atoms with van der Waals surface area (Å²) >= 11 is 0. The first-order chi connectivity index (χ1) is 6.26. The van der Waals surface area contributed by atoms with Gasteiger partial charge in [0, 0.05) is 18.7 Å². The third-order valence-electron chi connectivity index (χ3n) is 3.73. The monoisotopic (exact) mass is 181 g/mol. The number of rotatable bonds is 1. The van der Waals surface area contributed by atoms with Crippen LogP contribution >= 0.6 is 0 Å². The molecule has 2 fully saturated rings. The summed E-state index contributed by atoms with van der Waals surface area (Å²) in [6.07, 6.45) is 7.88. The predicted molar refractivity (Wildman–Crippen MR) is 54.1 cm³/mol. The van der Waals surface area contributed by atoms with Gasteiger partial charge in [-0.1, -0.05) is 12.8 Å². The molecule has 0 spiro atoms. The number of hydrogen-bond acceptors (Lipinski definition) is 2. The first kappa shape index (κ1) is 9.20. The zero-order valence-electron chi connectivity index (χ0n) is 8.42. The van der Waals surface area contributed by atoms with Crippen LogP contribution in [0.5, 0.6) is 0 Å². The Morgan fingerprint density at radius 1 is 1.31 bits per heavy atom. The molecule has 0 radical (unpaired) electrons. The highest BCUT2D eigenvalue weighted by Gasteiger charge is 2.43. The lowest BCUT2D eigenvalue weighted by molar-refractivity contribution is 0.0140. The van der Waals surface area contributed by atoms with Crippen molar-refractivity contribution in [3.8, 4) is 0 Å². The van der Waals surface area contributed by atoms with Crippen LogP contribution in [0.15, 0.2) is 4.99 Å². The molecule has 13 heavy (non-hydrogen) atoms. The first-order valence-corrected chi connectivity index (χ1v) is 5.44. The highest BCUT2D eigenvalue weighted by atomic mass is 16.3. The Morgan fingerprint density at radius 3 is 2.62 bits per heavy atom. The molecule has 2 aliphatic rings. The van der Waals surface area contributed by atoms with Crippen molar-refractivity contribution in [2.45, 2.75) is 50.5 Å². The molecule has 0 aromatic carbocycles. The molecule has 0 unspecified atom stereocenters. The van der Waals surface area contributed by atoms with E-state index < -0.39 is 0 Å². The summed E-state index contributed by atoms with van der Waals surface area (Å²) in [5.74, 6) is 0.389. The molecule has 74 valence electrons. The summed E-state index contributed by atoms with van der Waals surface area (Å²) in [7, 11) is 1.87. The quantitative estimate of drug-likeness (QED) is 0.660. The van der Waals surface area contributed by atoms with Gasteiger partial charge in [0.05, 0.1) is 5.60 Å². The Bertz CT molecular complexity index is 216. The zero-order valence-corrected chi connectivity index (χ0v) is 8.42. The van der Waals surface area contributed by atoms with E-state index in [0.717, 1.165) is 25.7 Å². The Hall–Kier alpha value is -0.370. The molecule has 0 heterocycles. The summed E-state index contributed by atoms with van der Waals surface area (Å²) in [4.78, 5) is 4.32. The molecule has 2 aliphatic carbocycles. The smallest absolute Gasteiger partial charge is 0.0727 e. The van der Waals surface area contributed by atoms with Gasteiger partial charge in [0.1, 0.15) is 0 Å². The fourth-order valence-electron chi connectivity index (χ4n) is 3.01. The molecule has 2 saturated carbocycles. The van der Waals surface area contributed by atoms with Gasteiger partial charge < -0.3 is 5.11 Å². The second kappa shape index (κ2) is 3.41. The number of nitrogens with zero attached hydrogens (tertiary/aromatic N) is 1. The molecule has 0 bridgehead atoms. The molecule has 2 heteroatoms. The SMILES string of the molecule is CN=C1CCC[C@H]1C1(O)CCCC1. The van der Waals surface area contributed by atoms with Crippen LogP contribution < -0.4 is 0 Å². The van der Waals surface area contributed by atoms with Crippen LogP contribution in [-0.2, 0) is 0 Å². The summed E-state index contributed by atoms with van der Waals surface area (Å²) in [5.41, 5.74) is 0.884. The minimum Gasteiger partial charge on any atom is -0.389 e. The molecule has 1 N–H and O–H groups in total. The molecule has 0 amide bonds. The molecular weight excluding hydrogens is 162 g/mol. The molecule has 1 atom stereocenters. The lowest BCUT2D eigenvalue weighted by atomic mass is 9.83. The normalized spacial score (nSPS) is 35.8. The fraction of sp³-hybridized carbons (Fsp3) is 0.909. The lowest BCUT2D eigenvalue weighted by Gasteiger charge is -2.29. The first-order valence-electron chi connectivity index (χ1n) is 5.44. The Labute approximate surface area is 80.1 Å². The Kier molecular flexibility index (Phi) is 2.41. The van der Waals surface area contributed by atoms with E-state index in [2.05, 4.69) is 4.99 Å². The van der Waals surface area contributed by atoms with Crippen LogP contribution in [0.2, 0.25) is 0 Å². The number of hydrogen-bond donors (Lipinski definition) is 1. The fourth-order valence-corrected chi connectivity index (χ4v) is 3.01. The second-order valence-corrected chi connectivity index (χ2v) is 4.47. The van der Waals surface area contributed by atoms with Crippen LogP contribution in [-0.4, -0.2) is 23.5 Å². The van der Waals surface area contributed by atoms with Crippen molar-refractivity contribution in [2.24, 2.45) is 10.9 Å². The predicted octanol–water partition coefficient (Wildman–Crippen LogP) is 2.16. The Balaban J connectivity index is 2.14. The number of aliphatic hydroxyl groups is 1. The third-order valence-corrected chi connectivity index (χ3v) is 3.73. The van der Waals surface area contributed by atoms with E-state index in [9.17, 15) is 5.11 Å². The van der Waals surface area contributed by atoms with E-state index >= 15 is 0 Å². The van der Waals surface area contributed by atoms with Crippen molar-refractivity contribution < 1.29 is 5.11 Å². The maximum atomic E-state index is 10.4. The Morgan fingerprint density at radius 2 is 2.00 bits per heavy atom. The van der Waals surface area contributed by atoms with Gasteiger partial charge >= 0.3 is 0 Å². The summed E-state index contributed by atoms with van der Waals surface area (Å²) in [5, 5.41) is 10.4. The van der Waals surface area contributed by atoms with Gasteiger partial charge in [-0.05, 0) is 32.1 Å². The largest absolute Gasteiger partial charge is 0.389 e. The lowest BCUT2D eigenvalue weighted by Crippen LogP contribution is -2.37. The van der Waals surface area contributed by atoms with E-state index in [4.69, 9.17) is 0 Å². The van der Waals surface area contributed by atoms with Crippen LogP contribution in [0.25, 0.3) is 0 Å². The molecule has 0 aromatic rings. The van der Waals surface area contributed by atoms with Crippen LogP contribution in [0.1, 0.15) is 44.9 Å². The van der Waals surface area contributed by atoms with E-state index in [1.807, 2.05) is 7.05 Å². The average Bonchev–Trinajstić information content (AvgIpc) is 2.72. The van der Waals surface area contributed by atoms with E-state index in [1.54, 1.807) is 0 Å². The van der Waals surface area contributed by atoms with E-state index in [-0.39, 0.29) is 5.60 Å². The van der Waals surface area contributed by atoms with Gasteiger partial charge in [-0.3, -0.25) is 4.99 Å². The van der Waals surface area contributed by atoms with Gasteiger partial charge in [-0.2, -0.15) is 0 Å². The molecule has 0 saturated heterocycles. The number of aliphatic imine (C=N–C) groups is 1. The molecule has 0 aliphatic heterocycles. The topological polar surface area (TPSA) is 32.6 Å². The highest BCUT2D eigenvalue weighted by Crippen LogP contribution is 2.42. The van der Waals surface area contributed by atoms with Crippen molar-refractivity contribution in [3.05, 3.63) is 0 Å². The second-order valence-electron chi connectivity index (χ2n) is 4.47. The molecule has 0 aromatic heterocycles. The van der Waals surface area contributed by atoms with Gasteiger partial charge in [0.2, 0.25) is 0 Å². The minimum atomic E-state index is -0.384. The summed E-state index contributed by atoms with van der Waals surface area (Å²) in [6, 6.07) is 0. The third kappa shape index (κ3) is 1.52.